The molecular weight excluding hydrogens is 290 g/mol. The lowest BCUT2D eigenvalue weighted by molar-refractivity contribution is -0.129. The van der Waals surface area contributed by atoms with Gasteiger partial charge < -0.3 is 10.2 Å². The van der Waals surface area contributed by atoms with Crippen molar-refractivity contribution in [1.82, 2.24) is 19.9 Å². The van der Waals surface area contributed by atoms with Crippen LogP contribution < -0.4 is 5.32 Å². The maximum absolute atomic E-state index is 11.5. The third-order valence-electron chi connectivity index (χ3n) is 4.19. The second-order valence-electron chi connectivity index (χ2n) is 5.86. The highest BCUT2D eigenvalue weighted by Gasteiger charge is 2.25. The number of carbonyl (C=O) groups is 1. The van der Waals surface area contributed by atoms with Crippen LogP contribution in [0, 0.1) is 6.92 Å². The van der Waals surface area contributed by atoms with E-state index in [4.69, 9.17) is 0 Å². The summed E-state index contributed by atoms with van der Waals surface area (Å²) in [7, 11) is 0. The highest BCUT2D eigenvalue weighted by atomic mass is 16.2. The van der Waals surface area contributed by atoms with Crippen molar-refractivity contribution >= 4 is 17.5 Å². The van der Waals surface area contributed by atoms with Crippen molar-refractivity contribution in [1.29, 1.82) is 0 Å². The van der Waals surface area contributed by atoms with Gasteiger partial charge in [0.15, 0.2) is 5.82 Å². The van der Waals surface area contributed by atoms with Crippen molar-refractivity contribution in [2.24, 2.45) is 0 Å². The minimum Gasteiger partial charge on any atom is -0.343 e. The summed E-state index contributed by atoms with van der Waals surface area (Å²) in [5.41, 5.74) is 1.91. The second-order valence-corrected chi connectivity index (χ2v) is 5.86. The van der Waals surface area contributed by atoms with E-state index in [0.717, 1.165) is 49.0 Å². The third kappa shape index (κ3) is 3.64. The van der Waals surface area contributed by atoms with Crippen LogP contribution in [0.4, 0.5) is 11.6 Å². The minimum absolute atomic E-state index is 0.143. The monoisotopic (exact) mass is 311 g/mol. The van der Waals surface area contributed by atoms with Gasteiger partial charge in [-0.25, -0.2) is 9.97 Å². The first kappa shape index (κ1) is 15.4. The Kier molecular flexibility index (Phi) is 4.50. The van der Waals surface area contributed by atoms with E-state index < -0.39 is 0 Å². The molecule has 6 nitrogen and oxygen atoms in total. The van der Waals surface area contributed by atoms with Crippen molar-refractivity contribution in [3.05, 3.63) is 42.0 Å². The molecule has 6 heteroatoms. The number of nitrogens with one attached hydrogen (secondary N) is 1. The van der Waals surface area contributed by atoms with Crippen LogP contribution in [0.25, 0.3) is 0 Å². The molecule has 0 radical (unpaired) electrons. The van der Waals surface area contributed by atoms with Crippen LogP contribution >= 0.6 is 0 Å². The van der Waals surface area contributed by atoms with Gasteiger partial charge in [-0.1, -0.05) is 6.07 Å². The van der Waals surface area contributed by atoms with Gasteiger partial charge in [-0.2, -0.15) is 0 Å². The molecule has 0 unspecified atom stereocenters. The summed E-state index contributed by atoms with van der Waals surface area (Å²) in [6.07, 6.45) is 5.23. The summed E-state index contributed by atoms with van der Waals surface area (Å²) in [6.45, 7) is 5.14. The van der Waals surface area contributed by atoms with E-state index in [-0.39, 0.29) is 5.91 Å². The van der Waals surface area contributed by atoms with Crippen LogP contribution in [-0.4, -0.2) is 38.8 Å². The Balaban J connectivity index is 1.77. The summed E-state index contributed by atoms with van der Waals surface area (Å²) in [5.74, 6) is 1.98. The quantitative estimate of drug-likeness (QED) is 0.943. The zero-order valence-electron chi connectivity index (χ0n) is 13.5. The van der Waals surface area contributed by atoms with Crippen molar-refractivity contribution in [2.45, 2.75) is 32.6 Å². The summed E-state index contributed by atoms with van der Waals surface area (Å²) in [4.78, 5) is 26.8. The predicted molar refractivity (Wildman–Crippen MR) is 88.5 cm³/mol. The normalized spacial score (nSPS) is 15.5. The summed E-state index contributed by atoms with van der Waals surface area (Å²) < 4.78 is 0. The summed E-state index contributed by atoms with van der Waals surface area (Å²) in [6, 6.07) is 5.84. The van der Waals surface area contributed by atoms with Crippen LogP contribution in [0.1, 0.15) is 37.1 Å². The fraction of sp³-hybridized carbons (Fsp3) is 0.412. The smallest absolute Gasteiger partial charge is 0.219 e. The Morgan fingerprint density at radius 2 is 1.96 bits per heavy atom. The minimum atomic E-state index is 0.143. The van der Waals surface area contributed by atoms with Gasteiger partial charge in [-0.15, -0.1) is 0 Å². The van der Waals surface area contributed by atoms with Gasteiger partial charge >= 0.3 is 0 Å². The average molecular weight is 311 g/mol. The number of likely N-dealkylation sites (tertiary alicyclic amines) is 1. The number of hydrogen-bond donors (Lipinski definition) is 1. The standard InChI is InChI=1S/C17H21N5O/c1-12-4-3-5-15(20-12)21-17-16(18-8-9-19-17)14-6-10-22(11-7-14)13(2)23/h3-5,8-9,14H,6-7,10-11H2,1-2H3,(H,19,20,21). The van der Waals surface area contributed by atoms with Crippen LogP contribution in [-0.2, 0) is 4.79 Å². The maximum Gasteiger partial charge on any atom is 0.219 e. The number of hydrogen-bond acceptors (Lipinski definition) is 5. The van der Waals surface area contributed by atoms with Crippen molar-refractivity contribution < 1.29 is 4.79 Å². The first-order chi connectivity index (χ1) is 11.1. The Labute approximate surface area is 136 Å². The molecule has 0 aromatic carbocycles. The number of pyridine rings is 1. The van der Waals surface area contributed by atoms with Crippen molar-refractivity contribution in [3.63, 3.8) is 0 Å². The van der Waals surface area contributed by atoms with Gasteiger partial charge in [0.1, 0.15) is 5.82 Å². The lowest BCUT2D eigenvalue weighted by atomic mass is 9.93. The molecule has 0 aliphatic carbocycles. The lowest BCUT2D eigenvalue weighted by Crippen LogP contribution is -2.36. The molecule has 120 valence electrons. The number of rotatable bonds is 3. The Morgan fingerprint density at radius 3 is 2.65 bits per heavy atom. The molecule has 1 amide bonds. The molecule has 3 heterocycles. The molecule has 1 fully saturated rings. The molecule has 2 aromatic heterocycles. The maximum atomic E-state index is 11.5. The Bertz CT molecular complexity index is 695. The Morgan fingerprint density at radius 1 is 1.22 bits per heavy atom. The molecule has 1 aliphatic heterocycles. The number of aromatic nitrogens is 3. The van der Waals surface area contributed by atoms with Gasteiger partial charge in [0.2, 0.25) is 5.91 Å². The van der Waals surface area contributed by atoms with Crippen LogP contribution in [0.3, 0.4) is 0 Å². The molecule has 3 rings (SSSR count). The third-order valence-corrected chi connectivity index (χ3v) is 4.19. The van der Waals surface area contributed by atoms with Gasteiger partial charge in [-0.05, 0) is 31.9 Å². The summed E-state index contributed by atoms with van der Waals surface area (Å²) in [5, 5.41) is 3.28. The van der Waals surface area contributed by atoms with Crippen molar-refractivity contribution in [3.8, 4) is 0 Å². The Hall–Kier alpha value is -2.50. The van der Waals surface area contributed by atoms with Gasteiger partial charge in [0.05, 0.1) is 5.69 Å². The molecule has 0 atom stereocenters. The molecule has 0 bridgehead atoms. The van der Waals surface area contributed by atoms with E-state index in [2.05, 4.69) is 20.3 Å². The van der Waals surface area contributed by atoms with E-state index in [0.29, 0.717) is 5.92 Å². The fourth-order valence-corrected chi connectivity index (χ4v) is 2.95. The average Bonchev–Trinajstić information content (AvgIpc) is 2.55. The SMILES string of the molecule is CC(=O)N1CCC(c2nccnc2Nc2cccc(C)n2)CC1. The largest absolute Gasteiger partial charge is 0.343 e. The fourth-order valence-electron chi connectivity index (χ4n) is 2.95. The van der Waals surface area contributed by atoms with E-state index in [9.17, 15) is 4.79 Å². The van der Waals surface area contributed by atoms with Crippen LogP contribution in [0.2, 0.25) is 0 Å². The molecule has 1 saturated heterocycles. The van der Waals surface area contributed by atoms with Gasteiger partial charge in [-0.3, -0.25) is 9.78 Å². The molecule has 0 saturated carbocycles. The second kappa shape index (κ2) is 6.73. The number of anilines is 2. The highest BCUT2D eigenvalue weighted by molar-refractivity contribution is 5.73. The molecular formula is C17H21N5O. The lowest BCUT2D eigenvalue weighted by Gasteiger charge is -2.31. The first-order valence-corrected chi connectivity index (χ1v) is 7.90. The van der Waals surface area contributed by atoms with E-state index >= 15 is 0 Å². The first-order valence-electron chi connectivity index (χ1n) is 7.90. The topological polar surface area (TPSA) is 71.0 Å². The number of aryl methyl sites for hydroxylation is 1. The summed E-state index contributed by atoms with van der Waals surface area (Å²) >= 11 is 0. The van der Waals surface area contributed by atoms with Crippen molar-refractivity contribution in [2.75, 3.05) is 18.4 Å². The van der Waals surface area contributed by atoms with E-state index in [1.807, 2.05) is 30.0 Å². The molecule has 1 N–H and O–H groups in total. The molecule has 2 aromatic rings. The number of amides is 1. The molecule has 23 heavy (non-hydrogen) atoms. The van der Waals surface area contributed by atoms with E-state index in [1.165, 1.54) is 0 Å². The van der Waals surface area contributed by atoms with E-state index in [1.54, 1.807) is 19.3 Å². The zero-order valence-corrected chi connectivity index (χ0v) is 13.5. The predicted octanol–water partition coefficient (Wildman–Crippen LogP) is 2.65. The van der Waals surface area contributed by atoms with Crippen LogP contribution in [0.5, 0.6) is 0 Å². The number of piperidine rings is 1. The number of nitrogens with zero attached hydrogens (tertiary/aromatic N) is 4. The number of carbonyl (C=O) groups excluding carboxylic acids is 1. The highest BCUT2D eigenvalue weighted by Crippen LogP contribution is 2.31. The van der Waals surface area contributed by atoms with Gasteiger partial charge in [0, 0.05) is 44.0 Å². The zero-order chi connectivity index (χ0) is 16.2. The van der Waals surface area contributed by atoms with Crippen LogP contribution in [0.15, 0.2) is 30.6 Å². The molecule has 1 aliphatic rings. The molecule has 0 spiro atoms. The van der Waals surface area contributed by atoms with Gasteiger partial charge in [0.25, 0.3) is 0 Å².